The van der Waals surface area contributed by atoms with Crippen molar-refractivity contribution in [2.24, 2.45) is 0 Å². The van der Waals surface area contributed by atoms with Gasteiger partial charge in [0.05, 0.1) is 0 Å². The molecule has 0 fully saturated rings. The standard InChI is InChI=1S/C35H22Br2/c1-35(2)30-17-21(37)13-14-27(30)34-28-8-4-7-25-24-6-3-5-23-22(19-9-11-20(36)12-10-19)15-16-26(32(23)24)29(33(25)28)18-31(34)35/h3-18H,1-2H3. The van der Waals surface area contributed by atoms with E-state index in [2.05, 4.69) is 143 Å². The van der Waals surface area contributed by atoms with E-state index in [0.717, 1.165) is 8.95 Å². The number of hydrogen-bond donors (Lipinski definition) is 0. The third-order valence-electron chi connectivity index (χ3n) is 8.53. The van der Waals surface area contributed by atoms with Gasteiger partial charge in [-0.05, 0) is 107 Å². The molecule has 0 atom stereocenters. The summed E-state index contributed by atoms with van der Waals surface area (Å²) in [5, 5.41) is 10.8. The molecule has 0 heterocycles. The summed E-state index contributed by atoms with van der Waals surface area (Å²) in [6.07, 6.45) is 0. The van der Waals surface area contributed by atoms with Gasteiger partial charge in [0, 0.05) is 14.4 Å². The summed E-state index contributed by atoms with van der Waals surface area (Å²) in [5.41, 5.74) is 8.03. The van der Waals surface area contributed by atoms with E-state index in [1.54, 1.807) is 0 Å². The van der Waals surface area contributed by atoms with Gasteiger partial charge in [-0.3, -0.25) is 0 Å². The maximum Gasteiger partial charge on any atom is 0.0178 e. The molecule has 0 radical (unpaired) electrons. The molecule has 0 N–H and O–H groups in total. The van der Waals surface area contributed by atoms with E-state index >= 15 is 0 Å². The van der Waals surface area contributed by atoms with Crippen molar-refractivity contribution < 1.29 is 0 Å². The van der Waals surface area contributed by atoms with Crippen LogP contribution in [0.25, 0.3) is 65.3 Å². The van der Waals surface area contributed by atoms with Crippen molar-refractivity contribution in [2.45, 2.75) is 19.3 Å². The molecule has 8 rings (SSSR count). The average Bonchev–Trinajstić information content (AvgIpc) is 3.13. The molecule has 37 heavy (non-hydrogen) atoms. The summed E-state index contributed by atoms with van der Waals surface area (Å²) in [6.45, 7) is 4.74. The molecule has 1 aliphatic carbocycles. The predicted octanol–water partition coefficient (Wildman–Crippen LogP) is 11.2. The van der Waals surface area contributed by atoms with E-state index in [0.29, 0.717) is 0 Å². The molecule has 1 aliphatic rings. The van der Waals surface area contributed by atoms with Gasteiger partial charge in [0.15, 0.2) is 0 Å². The smallest absolute Gasteiger partial charge is 0.0178 e. The van der Waals surface area contributed by atoms with Crippen LogP contribution in [0.15, 0.2) is 106 Å². The summed E-state index contributed by atoms with van der Waals surface area (Å²) in [7, 11) is 0. The number of fused-ring (bicyclic) bond motifs is 6. The van der Waals surface area contributed by atoms with Gasteiger partial charge < -0.3 is 0 Å². The second kappa shape index (κ2) is 7.43. The fourth-order valence-electron chi connectivity index (χ4n) is 6.84. The van der Waals surface area contributed by atoms with Crippen LogP contribution in [0.3, 0.4) is 0 Å². The zero-order valence-electron chi connectivity index (χ0n) is 20.5. The first-order valence-electron chi connectivity index (χ1n) is 12.7. The van der Waals surface area contributed by atoms with Crippen molar-refractivity contribution in [2.75, 3.05) is 0 Å². The minimum atomic E-state index is -0.0669. The second-order valence-corrected chi connectivity index (χ2v) is 12.6. The Hall–Kier alpha value is -3.20. The first-order valence-corrected chi connectivity index (χ1v) is 14.2. The van der Waals surface area contributed by atoms with Gasteiger partial charge in [-0.2, -0.15) is 0 Å². The van der Waals surface area contributed by atoms with Crippen LogP contribution in [0, 0.1) is 0 Å². The minimum absolute atomic E-state index is 0.0669. The molecule has 0 amide bonds. The van der Waals surface area contributed by atoms with Crippen molar-refractivity contribution in [3.8, 4) is 22.3 Å². The van der Waals surface area contributed by atoms with Gasteiger partial charge in [0.25, 0.3) is 0 Å². The molecule has 0 bridgehead atoms. The number of rotatable bonds is 1. The molecule has 0 saturated carbocycles. The van der Waals surface area contributed by atoms with Gasteiger partial charge >= 0.3 is 0 Å². The van der Waals surface area contributed by atoms with E-state index in [-0.39, 0.29) is 5.41 Å². The average molecular weight is 602 g/mol. The van der Waals surface area contributed by atoms with Crippen LogP contribution in [0.5, 0.6) is 0 Å². The summed E-state index contributed by atoms with van der Waals surface area (Å²) < 4.78 is 2.24. The van der Waals surface area contributed by atoms with Crippen molar-refractivity contribution in [1.29, 1.82) is 0 Å². The lowest BCUT2D eigenvalue weighted by Crippen LogP contribution is -2.15. The summed E-state index contributed by atoms with van der Waals surface area (Å²) in [6, 6.07) is 36.3. The highest BCUT2D eigenvalue weighted by Gasteiger charge is 2.37. The van der Waals surface area contributed by atoms with Gasteiger partial charge in [0.1, 0.15) is 0 Å². The van der Waals surface area contributed by atoms with Crippen molar-refractivity contribution in [3.63, 3.8) is 0 Å². The highest BCUT2D eigenvalue weighted by molar-refractivity contribution is 9.10. The van der Waals surface area contributed by atoms with Gasteiger partial charge in [-0.25, -0.2) is 0 Å². The molecular formula is C35H22Br2. The third kappa shape index (κ3) is 2.83. The first-order chi connectivity index (χ1) is 17.9. The molecule has 2 heteroatoms. The topological polar surface area (TPSA) is 0 Å². The molecule has 0 unspecified atom stereocenters. The molecule has 7 aromatic rings. The van der Waals surface area contributed by atoms with Crippen molar-refractivity contribution in [3.05, 3.63) is 117 Å². The SMILES string of the molecule is CC1(C)c2cc(Br)ccc2-c2c1cc1c3ccc(-c4ccc(Br)cc4)c4cccc(c5cccc2c51)c43. The van der Waals surface area contributed by atoms with Crippen LogP contribution < -0.4 is 0 Å². The molecule has 0 spiro atoms. The molecular weight excluding hydrogens is 580 g/mol. The summed E-state index contributed by atoms with van der Waals surface area (Å²) >= 11 is 7.32. The Morgan fingerprint density at radius 3 is 1.84 bits per heavy atom. The molecule has 0 aromatic heterocycles. The van der Waals surface area contributed by atoms with Gasteiger partial charge in [0.2, 0.25) is 0 Å². The van der Waals surface area contributed by atoms with Crippen molar-refractivity contribution >= 4 is 74.9 Å². The number of benzene rings is 7. The monoisotopic (exact) mass is 600 g/mol. The largest absolute Gasteiger partial charge is 0.0610 e. The third-order valence-corrected chi connectivity index (χ3v) is 9.56. The Bertz CT molecular complexity index is 2060. The normalized spacial score (nSPS) is 14.2. The maximum absolute atomic E-state index is 3.73. The Kier molecular flexibility index (Phi) is 4.39. The Morgan fingerprint density at radius 1 is 0.486 bits per heavy atom. The van der Waals surface area contributed by atoms with Crippen LogP contribution in [-0.2, 0) is 5.41 Å². The van der Waals surface area contributed by atoms with Crippen LogP contribution in [-0.4, -0.2) is 0 Å². The van der Waals surface area contributed by atoms with Crippen LogP contribution in [0.2, 0.25) is 0 Å². The quantitative estimate of drug-likeness (QED) is 0.130. The van der Waals surface area contributed by atoms with E-state index in [9.17, 15) is 0 Å². The van der Waals surface area contributed by atoms with Crippen LogP contribution in [0.4, 0.5) is 0 Å². The fourth-order valence-corrected chi connectivity index (χ4v) is 7.46. The predicted molar refractivity (Wildman–Crippen MR) is 166 cm³/mol. The van der Waals surface area contributed by atoms with E-state index in [1.807, 2.05) is 0 Å². The van der Waals surface area contributed by atoms with E-state index in [4.69, 9.17) is 0 Å². The van der Waals surface area contributed by atoms with Crippen LogP contribution in [0.1, 0.15) is 25.0 Å². The molecule has 0 aliphatic heterocycles. The summed E-state index contributed by atoms with van der Waals surface area (Å²) in [4.78, 5) is 0. The minimum Gasteiger partial charge on any atom is -0.0610 e. The number of halogens is 2. The van der Waals surface area contributed by atoms with Gasteiger partial charge in [-0.15, -0.1) is 0 Å². The lowest BCUT2D eigenvalue weighted by atomic mass is 9.79. The van der Waals surface area contributed by atoms with Gasteiger partial charge in [-0.1, -0.05) is 112 Å². The lowest BCUT2D eigenvalue weighted by molar-refractivity contribution is 0.661. The molecule has 0 saturated heterocycles. The zero-order valence-corrected chi connectivity index (χ0v) is 23.7. The van der Waals surface area contributed by atoms with E-state index < -0.39 is 0 Å². The first kappa shape index (κ1) is 21.8. The van der Waals surface area contributed by atoms with Crippen molar-refractivity contribution in [1.82, 2.24) is 0 Å². The van der Waals surface area contributed by atoms with E-state index in [1.165, 1.54) is 76.5 Å². The molecule has 176 valence electrons. The molecule has 0 nitrogen and oxygen atoms in total. The number of hydrogen-bond acceptors (Lipinski definition) is 0. The Balaban J connectivity index is 1.57. The second-order valence-electron chi connectivity index (χ2n) is 10.8. The highest BCUT2D eigenvalue weighted by Crippen LogP contribution is 2.55. The highest BCUT2D eigenvalue weighted by atomic mass is 79.9. The maximum atomic E-state index is 3.73. The lowest BCUT2D eigenvalue weighted by Gasteiger charge is -2.23. The van der Waals surface area contributed by atoms with Crippen LogP contribution >= 0.6 is 31.9 Å². The summed E-state index contributed by atoms with van der Waals surface area (Å²) in [5.74, 6) is 0. The molecule has 7 aromatic carbocycles. The Morgan fingerprint density at radius 2 is 1.08 bits per heavy atom. The fraction of sp³-hybridized carbons (Fsp3) is 0.0857. The Labute approximate surface area is 232 Å². The zero-order chi connectivity index (χ0) is 25.1.